The number of nitrogens with two attached hydrogens (primary N) is 1. The van der Waals surface area contributed by atoms with Crippen molar-refractivity contribution < 1.29 is 0 Å². The van der Waals surface area contributed by atoms with E-state index in [1.54, 1.807) is 6.20 Å². The average Bonchev–Trinajstić information content (AvgIpc) is 2.72. The van der Waals surface area contributed by atoms with Crippen molar-refractivity contribution in [1.29, 1.82) is 0 Å². The lowest BCUT2D eigenvalue weighted by atomic mass is 9.83. The molecule has 5 heteroatoms. The van der Waals surface area contributed by atoms with Gasteiger partial charge < -0.3 is 0 Å². The summed E-state index contributed by atoms with van der Waals surface area (Å²) < 4.78 is 0. The van der Waals surface area contributed by atoms with E-state index in [0.717, 1.165) is 42.7 Å². The molecule has 27 heavy (non-hydrogen) atoms. The highest BCUT2D eigenvalue weighted by atomic mass is 15.2. The molecule has 0 aliphatic heterocycles. The molecule has 1 aliphatic carbocycles. The first-order valence-electron chi connectivity index (χ1n) is 9.56. The van der Waals surface area contributed by atoms with Crippen molar-refractivity contribution >= 4 is 23.1 Å². The molecule has 0 bridgehead atoms. The molecule has 1 aliphatic rings. The molecule has 3 aromatic rings. The van der Waals surface area contributed by atoms with Crippen LogP contribution in [0.2, 0.25) is 0 Å². The lowest BCUT2D eigenvalue weighted by Crippen LogP contribution is -2.37. The van der Waals surface area contributed by atoms with Crippen LogP contribution in [0.4, 0.5) is 0 Å². The van der Waals surface area contributed by atoms with E-state index < -0.39 is 0 Å². The van der Waals surface area contributed by atoms with E-state index in [4.69, 9.17) is 15.8 Å². The van der Waals surface area contributed by atoms with Gasteiger partial charge in [0.05, 0.1) is 16.9 Å². The number of fused-ring (bicyclic) bond motifs is 1. The number of pyridine rings is 1. The van der Waals surface area contributed by atoms with Crippen molar-refractivity contribution in [1.82, 2.24) is 20.4 Å². The van der Waals surface area contributed by atoms with Gasteiger partial charge in [0, 0.05) is 23.5 Å². The lowest BCUT2D eigenvalue weighted by Gasteiger charge is -2.28. The Morgan fingerprint density at radius 1 is 1.04 bits per heavy atom. The Balaban J connectivity index is 1.72. The van der Waals surface area contributed by atoms with Gasteiger partial charge in [-0.25, -0.2) is 9.97 Å². The third-order valence-electron chi connectivity index (χ3n) is 5.34. The van der Waals surface area contributed by atoms with Gasteiger partial charge in [-0.3, -0.25) is 16.3 Å². The summed E-state index contributed by atoms with van der Waals surface area (Å²) in [7, 11) is 0. The van der Waals surface area contributed by atoms with Gasteiger partial charge in [-0.1, -0.05) is 17.7 Å². The highest BCUT2D eigenvalue weighted by Gasteiger charge is 2.24. The molecule has 0 atom stereocenters. The fourth-order valence-electron chi connectivity index (χ4n) is 3.84. The van der Waals surface area contributed by atoms with Gasteiger partial charge >= 0.3 is 0 Å². The summed E-state index contributed by atoms with van der Waals surface area (Å²) in [6.45, 7) is 2.12. The number of aryl methyl sites for hydroxylation is 1. The fraction of sp³-hybridized carbons (Fsp3) is 0.318. The third-order valence-corrected chi connectivity index (χ3v) is 5.34. The number of nitrogens with zero attached hydrogens (tertiary/aromatic N) is 3. The number of hydrazine groups is 1. The number of nitrogens with one attached hydrogen (secondary N) is 1. The Morgan fingerprint density at radius 2 is 1.89 bits per heavy atom. The Morgan fingerprint density at radius 3 is 2.63 bits per heavy atom. The van der Waals surface area contributed by atoms with Gasteiger partial charge in [0.2, 0.25) is 0 Å². The fourth-order valence-corrected chi connectivity index (χ4v) is 3.84. The van der Waals surface area contributed by atoms with Crippen LogP contribution in [0.1, 0.15) is 54.4 Å². The van der Waals surface area contributed by atoms with Crippen molar-refractivity contribution in [2.24, 2.45) is 5.84 Å². The molecule has 0 radical (unpaired) electrons. The molecule has 138 valence electrons. The van der Waals surface area contributed by atoms with Crippen LogP contribution in [-0.4, -0.2) is 21.0 Å². The van der Waals surface area contributed by atoms with Crippen molar-refractivity contribution in [3.63, 3.8) is 0 Å². The summed E-state index contributed by atoms with van der Waals surface area (Å²) in [4.78, 5) is 14.1. The average molecular weight is 359 g/mol. The smallest absolute Gasteiger partial charge is 0.152 e. The molecular formula is C22H25N5. The predicted molar refractivity (Wildman–Crippen MR) is 110 cm³/mol. The second-order valence-corrected chi connectivity index (χ2v) is 7.29. The third kappa shape index (κ3) is 4.04. The van der Waals surface area contributed by atoms with Crippen LogP contribution < -0.4 is 11.3 Å². The van der Waals surface area contributed by atoms with E-state index in [1.807, 2.05) is 30.4 Å². The minimum atomic E-state index is 0.416. The first kappa shape index (κ1) is 17.8. The summed E-state index contributed by atoms with van der Waals surface area (Å²) in [5, 5.41) is 1.18. The minimum Gasteiger partial charge on any atom is -0.271 e. The maximum Gasteiger partial charge on any atom is 0.152 e. The summed E-state index contributed by atoms with van der Waals surface area (Å²) in [6, 6.07) is 12.7. The highest BCUT2D eigenvalue weighted by molar-refractivity contribution is 5.83. The van der Waals surface area contributed by atoms with Crippen LogP contribution in [0, 0.1) is 6.92 Å². The first-order chi connectivity index (χ1) is 13.2. The van der Waals surface area contributed by atoms with Crippen LogP contribution in [0.15, 0.2) is 42.6 Å². The standard InChI is InChI=1S/C22H25N5/c1-15-5-11-20-19(14-15)22(16-6-8-18(27-23)9-7-16)26-21(25-20)12-10-17-4-2-3-13-24-17/h2-5,10-14,16,18,27H,6-9,23H2,1H3. The molecule has 0 unspecified atom stereocenters. The molecule has 3 N–H and O–H groups in total. The van der Waals surface area contributed by atoms with Crippen molar-refractivity contribution in [2.45, 2.75) is 44.6 Å². The first-order valence-corrected chi connectivity index (χ1v) is 9.56. The second-order valence-electron chi connectivity index (χ2n) is 7.29. The predicted octanol–water partition coefficient (Wildman–Crippen LogP) is 3.99. The van der Waals surface area contributed by atoms with Crippen molar-refractivity contribution in [2.75, 3.05) is 0 Å². The molecular weight excluding hydrogens is 334 g/mol. The van der Waals surface area contributed by atoms with Crippen LogP contribution in [0.3, 0.4) is 0 Å². The number of aromatic nitrogens is 3. The van der Waals surface area contributed by atoms with Crippen LogP contribution in [0.25, 0.3) is 23.1 Å². The molecule has 5 nitrogen and oxygen atoms in total. The largest absolute Gasteiger partial charge is 0.271 e. The summed E-state index contributed by atoms with van der Waals surface area (Å²) in [5.74, 6) is 6.82. The highest BCUT2D eigenvalue weighted by Crippen LogP contribution is 2.35. The quantitative estimate of drug-likeness (QED) is 0.544. The molecule has 0 spiro atoms. The maximum absolute atomic E-state index is 5.63. The number of rotatable bonds is 4. The van der Waals surface area contributed by atoms with Gasteiger partial charge in [0.1, 0.15) is 0 Å². The normalized spacial score (nSPS) is 20.4. The van der Waals surface area contributed by atoms with Crippen molar-refractivity contribution in [3.05, 3.63) is 65.4 Å². The van der Waals surface area contributed by atoms with Gasteiger partial charge in [-0.05, 0) is 69.0 Å². The van der Waals surface area contributed by atoms with E-state index in [-0.39, 0.29) is 0 Å². The Kier molecular flexibility index (Phi) is 5.23. The molecule has 1 saturated carbocycles. The molecule has 1 aromatic carbocycles. The van der Waals surface area contributed by atoms with E-state index in [9.17, 15) is 0 Å². The maximum atomic E-state index is 5.63. The molecule has 2 aromatic heterocycles. The van der Waals surface area contributed by atoms with E-state index in [2.05, 4.69) is 35.5 Å². The number of hydrogen-bond donors (Lipinski definition) is 2. The van der Waals surface area contributed by atoms with Crippen LogP contribution >= 0.6 is 0 Å². The Bertz CT molecular complexity index is 944. The van der Waals surface area contributed by atoms with E-state index >= 15 is 0 Å². The second kappa shape index (κ2) is 7.94. The monoisotopic (exact) mass is 359 g/mol. The summed E-state index contributed by atoms with van der Waals surface area (Å²) >= 11 is 0. The van der Waals surface area contributed by atoms with Crippen LogP contribution in [0.5, 0.6) is 0 Å². The number of hydrogen-bond acceptors (Lipinski definition) is 5. The Hall–Kier alpha value is -2.63. The zero-order valence-corrected chi connectivity index (χ0v) is 15.6. The van der Waals surface area contributed by atoms with Crippen molar-refractivity contribution in [3.8, 4) is 0 Å². The topological polar surface area (TPSA) is 76.7 Å². The molecule has 4 rings (SSSR count). The zero-order chi connectivity index (χ0) is 18.6. The lowest BCUT2D eigenvalue weighted by molar-refractivity contribution is 0.344. The van der Waals surface area contributed by atoms with E-state index in [0.29, 0.717) is 12.0 Å². The summed E-state index contributed by atoms with van der Waals surface area (Å²) in [6.07, 6.45) is 10.1. The molecule has 1 fully saturated rings. The van der Waals surface area contributed by atoms with Gasteiger partial charge in [-0.2, -0.15) is 0 Å². The van der Waals surface area contributed by atoms with E-state index in [1.165, 1.54) is 16.6 Å². The molecule has 0 amide bonds. The Labute approximate surface area is 159 Å². The van der Waals surface area contributed by atoms with Gasteiger partial charge in [0.25, 0.3) is 0 Å². The van der Waals surface area contributed by atoms with Gasteiger partial charge in [-0.15, -0.1) is 0 Å². The minimum absolute atomic E-state index is 0.416. The number of benzene rings is 1. The zero-order valence-electron chi connectivity index (χ0n) is 15.6. The summed E-state index contributed by atoms with van der Waals surface area (Å²) in [5.41, 5.74) is 7.23. The van der Waals surface area contributed by atoms with Crippen LogP contribution in [-0.2, 0) is 0 Å². The molecule has 0 saturated heterocycles. The SMILES string of the molecule is Cc1ccc2nc(C=Cc3ccccn3)nc(C3CCC(NN)CC3)c2c1. The molecule has 2 heterocycles. The van der Waals surface area contributed by atoms with Gasteiger partial charge in [0.15, 0.2) is 5.82 Å².